The van der Waals surface area contributed by atoms with E-state index < -0.39 is 0 Å². The Bertz CT molecular complexity index is 893. The van der Waals surface area contributed by atoms with Gasteiger partial charge in [-0.1, -0.05) is 0 Å². The summed E-state index contributed by atoms with van der Waals surface area (Å²) < 4.78 is 2.33. The van der Waals surface area contributed by atoms with E-state index in [1.165, 1.54) is 12.8 Å². The van der Waals surface area contributed by atoms with E-state index in [2.05, 4.69) is 15.6 Å². The number of fused-ring (bicyclic) bond motifs is 1. The Morgan fingerprint density at radius 3 is 2.71 bits per heavy atom. The van der Waals surface area contributed by atoms with Crippen molar-refractivity contribution in [2.45, 2.75) is 32.7 Å². The molecule has 2 aromatic heterocycles. The van der Waals surface area contributed by atoms with Crippen LogP contribution >= 0.6 is 11.3 Å². The van der Waals surface area contributed by atoms with Gasteiger partial charge in [-0.3, -0.25) is 0 Å². The van der Waals surface area contributed by atoms with Crippen LogP contribution in [0.15, 0.2) is 18.2 Å². The smallest absolute Gasteiger partial charge is 0.153 e. The van der Waals surface area contributed by atoms with E-state index in [0.29, 0.717) is 11.6 Å². The van der Waals surface area contributed by atoms with Crippen LogP contribution in [-0.4, -0.2) is 14.5 Å². The fraction of sp³-hybridized carbons (Fsp3) is 0.312. The first-order chi connectivity index (χ1) is 10.2. The molecule has 4 nitrogen and oxygen atoms in total. The van der Waals surface area contributed by atoms with E-state index in [0.717, 1.165) is 32.4 Å². The Labute approximate surface area is 126 Å². The van der Waals surface area contributed by atoms with Gasteiger partial charge >= 0.3 is 0 Å². The summed E-state index contributed by atoms with van der Waals surface area (Å²) in [5.41, 5.74) is 3.72. The quantitative estimate of drug-likeness (QED) is 0.718. The fourth-order valence-corrected chi connectivity index (χ4v) is 3.68. The van der Waals surface area contributed by atoms with Crippen LogP contribution in [0.1, 0.15) is 35.1 Å². The Kier molecular flexibility index (Phi) is 2.63. The molecule has 5 heteroatoms. The number of nitriles is 1. The van der Waals surface area contributed by atoms with Crippen LogP contribution in [0.2, 0.25) is 0 Å². The first-order valence-corrected chi connectivity index (χ1v) is 7.85. The van der Waals surface area contributed by atoms with Crippen molar-refractivity contribution in [3.8, 4) is 16.8 Å². The molecule has 0 N–H and O–H groups in total. The molecule has 0 spiro atoms. The number of thiazole rings is 1. The molecule has 4 rings (SSSR count). The minimum atomic E-state index is 0.541. The Morgan fingerprint density at radius 2 is 2.10 bits per heavy atom. The third-order valence-corrected chi connectivity index (χ3v) is 4.91. The van der Waals surface area contributed by atoms with Gasteiger partial charge in [0.2, 0.25) is 0 Å². The molecule has 0 atom stereocenters. The summed E-state index contributed by atoms with van der Waals surface area (Å²) in [6.45, 7) is 4.06. The van der Waals surface area contributed by atoms with Gasteiger partial charge in [-0.25, -0.2) is 9.97 Å². The molecule has 1 aliphatic rings. The SMILES string of the molecule is Cc1nc(C)c(-c2nc3cc(C#N)ccc3n2C2CC2)s1. The zero-order chi connectivity index (χ0) is 14.6. The van der Waals surface area contributed by atoms with Gasteiger partial charge in [0.25, 0.3) is 0 Å². The highest BCUT2D eigenvalue weighted by Crippen LogP contribution is 2.43. The van der Waals surface area contributed by atoms with Crippen molar-refractivity contribution < 1.29 is 0 Å². The monoisotopic (exact) mass is 294 g/mol. The van der Waals surface area contributed by atoms with Crippen LogP contribution < -0.4 is 0 Å². The van der Waals surface area contributed by atoms with Crippen LogP contribution in [-0.2, 0) is 0 Å². The minimum absolute atomic E-state index is 0.541. The maximum absolute atomic E-state index is 9.07. The average molecular weight is 294 g/mol. The maximum Gasteiger partial charge on any atom is 0.153 e. The van der Waals surface area contributed by atoms with Gasteiger partial charge in [-0.15, -0.1) is 11.3 Å². The number of aryl methyl sites for hydroxylation is 2. The Balaban J connectivity index is 2.02. The second-order valence-corrected chi connectivity index (χ2v) is 6.70. The summed E-state index contributed by atoms with van der Waals surface area (Å²) in [5, 5.41) is 10.1. The zero-order valence-electron chi connectivity index (χ0n) is 11.9. The van der Waals surface area contributed by atoms with Crippen LogP contribution in [0.5, 0.6) is 0 Å². The maximum atomic E-state index is 9.07. The standard InChI is InChI=1S/C16H14N4S/c1-9-15(21-10(2)18-9)16-19-13-7-11(8-17)3-6-14(13)20(16)12-4-5-12/h3,6-7,12H,4-5H2,1-2H3. The lowest BCUT2D eigenvalue weighted by molar-refractivity contribution is 0.776. The van der Waals surface area contributed by atoms with E-state index in [-0.39, 0.29) is 0 Å². The zero-order valence-corrected chi connectivity index (χ0v) is 12.7. The molecule has 3 aromatic rings. The lowest BCUT2D eigenvalue weighted by Gasteiger charge is -2.06. The minimum Gasteiger partial charge on any atom is -0.320 e. The third-order valence-electron chi connectivity index (χ3n) is 3.84. The number of aromatic nitrogens is 3. The van der Waals surface area contributed by atoms with Gasteiger partial charge in [0.15, 0.2) is 5.82 Å². The van der Waals surface area contributed by atoms with Crippen molar-refractivity contribution in [2.75, 3.05) is 0 Å². The molecule has 21 heavy (non-hydrogen) atoms. The number of benzene rings is 1. The Hall–Kier alpha value is -2.19. The first kappa shape index (κ1) is 12.5. The molecule has 0 bridgehead atoms. The number of imidazole rings is 1. The predicted octanol–water partition coefficient (Wildman–Crippen LogP) is 3.98. The first-order valence-electron chi connectivity index (χ1n) is 7.04. The number of rotatable bonds is 2. The molecule has 1 aromatic carbocycles. The summed E-state index contributed by atoms with van der Waals surface area (Å²) in [6.07, 6.45) is 2.41. The molecular formula is C16H14N4S. The lowest BCUT2D eigenvalue weighted by atomic mass is 10.2. The topological polar surface area (TPSA) is 54.5 Å². The van der Waals surface area contributed by atoms with E-state index in [4.69, 9.17) is 10.2 Å². The van der Waals surface area contributed by atoms with Gasteiger partial charge in [-0.2, -0.15) is 5.26 Å². The van der Waals surface area contributed by atoms with Crippen LogP contribution in [0.4, 0.5) is 0 Å². The summed E-state index contributed by atoms with van der Waals surface area (Å²) in [6, 6.07) is 8.50. The summed E-state index contributed by atoms with van der Waals surface area (Å²) >= 11 is 1.69. The highest BCUT2D eigenvalue weighted by atomic mass is 32.1. The van der Waals surface area contributed by atoms with Crippen molar-refractivity contribution in [1.82, 2.24) is 14.5 Å². The van der Waals surface area contributed by atoms with Crippen LogP contribution in [0.3, 0.4) is 0 Å². The van der Waals surface area contributed by atoms with Crippen molar-refractivity contribution in [1.29, 1.82) is 5.26 Å². The normalized spacial score (nSPS) is 14.5. The molecular weight excluding hydrogens is 280 g/mol. The molecule has 1 saturated carbocycles. The van der Waals surface area contributed by atoms with Crippen LogP contribution in [0.25, 0.3) is 21.7 Å². The molecule has 0 radical (unpaired) electrons. The molecule has 0 saturated heterocycles. The Morgan fingerprint density at radius 1 is 1.29 bits per heavy atom. The van der Waals surface area contributed by atoms with E-state index in [1.807, 2.05) is 32.0 Å². The summed E-state index contributed by atoms with van der Waals surface area (Å²) in [7, 11) is 0. The summed E-state index contributed by atoms with van der Waals surface area (Å²) in [4.78, 5) is 10.5. The second kappa shape index (κ2) is 4.40. The molecule has 1 fully saturated rings. The highest BCUT2D eigenvalue weighted by Gasteiger charge is 2.30. The number of nitrogens with zero attached hydrogens (tertiary/aromatic N) is 4. The van der Waals surface area contributed by atoms with E-state index >= 15 is 0 Å². The van der Waals surface area contributed by atoms with Gasteiger partial charge < -0.3 is 4.57 Å². The number of hydrogen-bond acceptors (Lipinski definition) is 4. The van der Waals surface area contributed by atoms with Crippen LogP contribution in [0, 0.1) is 25.2 Å². The average Bonchev–Trinajstić information content (AvgIpc) is 3.15. The molecule has 104 valence electrons. The van der Waals surface area contributed by atoms with Crippen molar-refractivity contribution in [3.05, 3.63) is 34.5 Å². The van der Waals surface area contributed by atoms with Gasteiger partial charge in [0, 0.05) is 6.04 Å². The van der Waals surface area contributed by atoms with Crippen molar-refractivity contribution in [2.24, 2.45) is 0 Å². The molecule has 2 heterocycles. The third kappa shape index (κ3) is 1.95. The lowest BCUT2D eigenvalue weighted by Crippen LogP contribution is -1.97. The van der Waals surface area contributed by atoms with Gasteiger partial charge in [0.05, 0.1) is 38.2 Å². The molecule has 0 amide bonds. The van der Waals surface area contributed by atoms with Gasteiger partial charge in [-0.05, 0) is 44.9 Å². The van der Waals surface area contributed by atoms with Gasteiger partial charge in [0.1, 0.15) is 0 Å². The van der Waals surface area contributed by atoms with E-state index in [9.17, 15) is 0 Å². The van der Waals surface area contributed by atoms with E-state index in [1.54, 1.807) is 11.3 Å². The molecule has 1 aliphatic carbocycles. The molecule has 0 unspecified atom stereocenters. The largest absolute Gasteiger partial charge is 0.320 e. The second-order valence-electron chi connectivity index (χ2n) is 5.50. The molecule has 0 aliphatic heterocycles. The highest BCUT2D eigenvalue weighted by molar-refractivity contribution is 7.15. The summed E-state index contributed by atoms with van der Waals surface area (Å²) in [5.74, 6) is 1.01. The van der Waals surface area contributed by atoms with Crippen molar-refractivity contribution in [3.63, 3.8) is 0 Å². The predicted molar refractivity (Wildman–Crippen MR) is 83.3 cm³/mol. The van der Waals surface area contributed by atoms with Crippen molar-refractivity contribution >= 4 is 22.4 Å². The fourth-order valence-electron chi connectivity index (χ4n) is 2.77. The number of hydrogen-bond donors (Lipinski definition) is 0.